The number of nitrogens with zero attached hydrogens (tertiary/aromatic N) is 7. The Labute approximate surface area is 252 Å². The number of aromatic nitrogens is 4. The van der Waals surface area contributed by atoms with Gasteiger partial charge in [-0.1, -0.05) is 18.2 Å². The monoisotopic (exact) mass is 621 g/mol. The molecule has 4 aromatic rings. The summed E-state index contributed by atoms with van der Waals surface area (Å²) < 4.78 is 57.6. The van der Waals surface area contributed by atoms with Crippen LogP contribution in [0.1, 0.15) is 70.8 Å². The average Bonchev–Trinajstić information content (AvgIpc) is 3.63. The predicted octanol–water partition coefficient (Wildman–Crippen LogP) is 4.33. The van der Waals surface area contributed by atoms with Crippen molar-refractivity contribution in [2.75, 3.05) is 18.0 Å². The van der Waals surface area contributed by atoms with Crippen molar-refractivity contribution in [3.8, 4) is 6.07 Å². The van der Waals surface area contributed by atoms with Gasteiger partial charge in [0.05, 0.1) is 12.0 Å². The number of carboxylic acids is 1. The fourth-order valence-electron chi connectivity index (χ4n) is 6.32. The fourth-order valence-corrected chi connectivity index (χ4v) is 7.95. The highest BCUT2D eigenvalue weighted by Crippen LogP contribution is 2.38. The number of benzene rings is 1. The van der Waals surface area contributed by atoms with E-state index < -0.39 is 34.2 Å². The number of carbonyl (C=O) groups is 1. The van der Waals surface area contributed by atoms with Crippen molar-refractivity contribution in [2.45, 2.75) is 62.9 Å². The van der Waals surface area contributed by atoms with Gasteiger partial charge in [0.2, 0.25) is 15.8 Å². The summed E-state index contributed by atoms with van der Waals surface area (Å²) in [6.45, 7) is 4.48. The van der Waals surface area contributed by atoms with E-state index in [1.807, 2.05) is 30.0 Å². The Balaban J connectivity index is 1.41. The Kier molecular flexibility index (Phi) is 7.54. The second kappa shape index (κ2) is 11.2. The van der Waals surface area contributed by atoms with Crippen molar-refractivity contribution in [1.82, 2.24) is 23.9 Å². The molecule has 0 saturated carbocycles. The number of aliphatic carboxylic acids is 1. The van der Waals surface area contributed by atoms with E-state index >= 15 is 0 Å². The van der Waals surface area contributed by atoms with Crippen LogP contribution < -0.4 is 4.90 Å². The van der Waals surface area contributed by atoms with Gasteiger partial charge in [0.15, 0.2) is 5.65 Å². The molecule has 2 atom stereocenters. The van der Waals surface area contributed by atoms with E-state index in [2.05, 4.69) is 15.2 Å². The van der Waals surface area contributed by atoms with Crippen LogP contribution in [0.4, 0.5) is 14.6 Å². The molecule has 0 bridgehead atoms. The third-order valence-corrected chi connectivity index (χ3v) is 10.4. The summed E-state index contributed by atoms with van der Waals surface area (Å²) in [6.07, 6.45) is 1.38. The number of rotatable bonds is 7. The van der Waals surface area contributed by atoms with Gasteiger partial charge < -0.3 is 10.0 Å². The number of halogens is 2. The van der Waals surface area contributed by atoms with E-state index in [0.717, 1.165) is 18.4 Å². The van der Waals surface area contributed by atoms with Gasteiger partial charge in [-0.15, -0.1) is 10.2 Å². The quantitative estimate of drug-likeness (QED) is 0.319. The second-order valence-electron chi connectivity index (χ2n) is 11.2. The van der Waals surface area contributed by atoms with E-state index in [4.69, 9.17) is 0 Å². The summed E-state index contributed by atoms with van der Waals surface area (Å²) in [4.78, 5) is 18.4. The maximum atomic E-state index is 14.0. The topological polar surface area (TPSA) is 145 Å². The lowest BCUT2D eigenvalue weighted by molar-refractivity contribution is -0.137. The third kappa shape index (κ3) is 5.05. The largest absolute Gasteiger partial charge is 0.481 e. The highest BCUT2D eigenvalue weighted by Gasteiger charge is 2.40. The molecule has 1 fully saturated rings. The molecular formula is C30H29F2N7O4S. The number of aryl methyl sites for hydroxylation is 2. The standard InChI is InChI=1S/C30H29F2N7O4S/c1-17-5-6-20(24(12-26(40)41)23-7-9-39-28(18(23)2)35-36-30(39)27(31)32)11-21(17)15-37-16-22-4-3-8-38(22)29-25(44(37,42)43)10-19(13-33)14-34-29/h5-7,9-11,14,22,24,27H,3-4,8,12,15-16H2,1-2H3,(H,40,41)/t22-,24-/m0/s1. The van der Waals surface area contributed by atoms with E-state index in [1.165, 1.54) is 27.2 Å². The Morgan fingerprint density at radius 3 is 2.73 bits per heavy atom. The Bertz CT molecular complexity index is 1940. The van der Waals surface area contributed by atoms with E-state index in [1.54, 1.807) is 19.1 Å². The Morgan fingerprint density at radius 1 is 1.20 bits per heavy atom. The van der Waals surface area contributed by atoms with Gasteiger partial charge in [0.1, 0.15) is 16.8 Å². The first kappa shape index (κ1) is 29.6. The summed E-state index contributed by atoms with van der Waals surface area (Å²) in [5.41, 5.74) is 3.63. The zero-order valence-electron chi connectivity index (χ0n) is 24.0. The van der Waals surface area contributed by atoms with Gasteiger partial charge in [0, 0.05) is 44.0 Å². The van der Waals surface area contributed by atoms with Crippen LogP contribution >= 0.6 is 0 Å². The highest BCUT2D eigenvalue weighted by atomic mass is 32.2. The van der Waals surface area contributed by atoms with Crippen LogP contribution in [0.3, 0.4) is 0 Å². The van der Waals surface area contributed by atoms with Gasteiger partial charge >= 0.3 is 5.97 Å². The number of carboxylic acid groups (broad SMARTS) is 1. The van der Waals surface area contributed by atoms with Crippen LogP contribution in [0.2, 0.25) is 0 Å². The molecule has 5 heterocycles. The van der Waals surface area contributed by atoms with Crippen molar-refractivity contribution in [1.29, 1.82) is 5.26 Å². The van der Waals surface area contributed by atoms with Gasteiger partial charge in [-0.2, -0.15) is 9.57 Å². The predicted molar refractivity (Wildman–Crippen MR) is 155 cm³/mol. The molecule has 0 amide bonds. The lowest BCUT2D eigenvalue weighted by Crippen LogP contribution is -2.39. The number of hydrogen-bond acceptors (Lipinski definition) is 8. The zero-order valence-corrected chi connectivity index (χ0v) is 24.8. The minimum atomic E-state index is -4.04. The minimum absolute atomic E-state index is 0.00101. The molecule has 6 rings (SSSR count). The molecule has 2 aliphatic rings. The Morgan fingerprint density at radius 2 is 2.00 bits per heavy atom. The number of nitriles is 1. The molecule has 14 heteroatoms. The van der Waals surface area contributed by atoms with Crippen molar-refractivity contribution in [3.05, 3.63) is 81.9 Å². The molecule has 1 N–H and O–H groups in total. The van der Waals surface area contributed by atoms with Gasteiger partial charge in [-0.25, -0.2) is 22.2 Å². The lowest BCUT2D eigenvalue weighted by Gasteiger charge is -2.26. The molecule has 0 radical (unpaired) electrons. The number of alkyl halides is 2. The summed E-state index contributed by atoms with van der Waals surface area (Å²) in [7, 11) is -4.04. The SMILES string of the molecule is Cc1ccc([C@H](CC(=O)O)c2ccn3c(C(F)F)nnc3c2C)cc1CN1C[C@@H]2CCCN2c2ncc(C#N)cc2S1(=O)=O. The molecule has 0 spiro atoms. The first-order valence-corrected chi connectivity index (χ1v) is 15.5. The number of hydrogen-bond donors (Lipinski definition) is 1. The molecule has 2 aliphatic heterocycles. The molecule has 1 saturated heterocycles. The van der Waals surface area contributed by atoms with Crippen molar-refractivity contribution in [2.24, 2.45) is 0 Å². The van der Waals surface area contributed by atoms with Crippen molar-refractivity contribution >= 4 is 27.5 Å². The first-order valence-electron chi connectivity index (χ1n) is 14.1. The summed E-state index contributed by atoms with van der Waals surface area (Å²) in [5.74, 6) is -1.87. The average molecular weight is 622 g/mol. The minimum Gasteiger partial charge on any atom is -0.481 e. The van der Waals surface area contributed by atoms with Crippen LogP contribution in [0.15, 0.2) is 47.6 Å². The smallest absolute Gasteiger partial charge is 0.304 e. The van der Waals surface area contributed by atoms with Crippen LogP contribution in [-0.4, -0.2) is 62.5 Å². The van der Waals surface area contributed by atoms with Crippen LogP contribution in [0, 0.1) is 25.2 Å². The molecule has 228 valence electrons. The highest BCUT2D eigenvalue weighted by molar-refractivity contribution is 7.89. The molecule has 0 unspecified atom stereocenters. The summed E-state index contributed by atoms with van der Waals surface area (Å²) in [5, 5.41) is 26.8. The van der Waals surface area contributed by atoms with Gasteiger partial charge in [-0.3, -0.25) is 9.20 Å². The number of sulfonamides is 1. The lowest BCUT2D eigenvalue weighted by atomic mass is 9.85. The molecular weight excluding hydrogens is 592 g/mol. The van der Waals surface area contributed by atoms with Crippen LogP contribution in [0.25, 0.3) is 5.65 Å². The van der Waals surface area contributed by atoms with Crippen molar-refractivity contribution in [3.63, 3.8) is 0 Å². The van der Waals surface area contributed by atoms with Crippen LogP contribution in [0.5, 0.6) is 0 Å². The Hall–Kier alpha value is -4.48. The van der Waals surface area contributed by atoms with Gasteiger partial charge in [0.25, 0.3) is 6.43 Å². The molecule has 3 aromatic heterocycles. The van der Waals surface area contributed by atoms with E-state index in [9.17, 15) is 32.4 Å². The van der Waals surface area contributed by atoms with Crippen molar-refractivity contribution < 1.29 is 27.1 Å². The third-order valence-electron chi connectivity index (χ3n) is 8.61. The maximum Gasteiger partial charge on any atom is 0.304 e. The summed E-state index contributed by atoms with van der Waals surface area (Å²) in [6, 6.07) is 10.3. The van der Waals surface area contributed by atoms with E-state index in [-0.39, 0.29) is 41.7 Å². The van der Waals surface area contributed by atoms with Gasteiger partial charge in [-0.05, 0) is 66.6 Å². The maximum absolute atomic E-state index is 14.0. The number of fused-ring (bicyclic) bond motifs is 4. The normalized spacial score (nSPS) is 18.5. The second-order valence-corrected chi connectivity index (χ2v) is 13.1. The molecule has 11 nitrogen and oxygen atoms in total. The first-order chi connectivity index (χ1) is 21.0. The van der Waals surface area contributed by atoms with E-state index in [0.29, 0.717) is 34.6 Å². The molecule has 44 heavy (non-hydrogen) atoms. The number of pyridine rings is 2. The molecule has 0 aliphatic carbocycles. The van der Waals surface area contributed by atoms with Crippen LogP contribution in [-0.2, 0) is 21.4 Å². The fraction of sp³-hybridized carbons (Fsp3) is 0.367. The molecule has 1 aromatic carbocycles. The number of anilines is 1. The zero-order chi connectivity index (χ0) is 31.3. The summed E-state index contributed by atoms with van der Waals surface area (Å²) >= 11 is 0.